The summed E-state index contributed by atoms with van der Waals surface area (Å²) in [7, 11) is 0. The number of halogens is 1. The molecule has 5 nitrogen and oxygen atoms in total. The molecule has 0 aliphatic heterocycles. The molecule has 1 N–H and O–H groups in total. The van der Waals surface area contributed by atoms with E-state index in [2.05, 4.69) is 27.5 Å². The summed E-state index contributed by atoms with van der Waals surface area (Å²) in [5, 5.41) is 0. The number of rotatable bonds is 6. The lowest BCUT2D eigenvalue weighted by Crippen LogP contribution is -2.15. The van der Waals surface area contributed by atoms with Gasteiger partial charge in [0.15, 0.2) is 6.61 Å². The fourth-order valence-corrected chi connectivity index (χ4v) is 2.61. The zero-order valence-corrected chi connectivity index (χ0v) is 14.1. The van der Waals surface area contributed by atoms with E-state index < -0.39 is 5.97 Å². The van der Waals surface area contributed by atoms with Crippen molar-refractivity contribution in [2.45, 2.75) is 20.4 Å². The summed E-state index contributed by atoms with van der Waals surface area (Å²) in [6.45, 7) is 7.86. The first-order valence-corrected chi connectivity index (χ1v) is 7.55. The number of allylic oxidation sites excluding steroid dienone is 1. The Morgan fingerprint density at radius 2 is 2.14 bits per heavy atom. The number of aromatic nitrogens is 2. The minimum atomic E-state index is -0.557. The van der Waals surface area contributed by atoms with Crippen LogP contribution in [0.5, 0.6) is 0 Å². The summed E-state index contributed by atoms with van der Waals surface area (Å²) in [5.41, 5.74) is 2.69. The van der Waals surface area contributed by atoms with E-state index in [1.54, 1.807) is 24.4 Å². The molecule has 116 valence electrons. The van der Waals surface area contributed by atoms with Gasteiger partial charge in [-0.15, -0.1) is 6.58 Å². The second-order valence-electron chi connectivity index (χ2n) is 4.91. The summed E-state index contributed by atoms with van der Waals surface area (Å²) >= 11 is 3.24. The molecule has 0 aliphatic rings. The van der Waals surface area contributed by atoms with Crippen molar-refractivity contribution in [1.29, 1.82) is 0 Å². The highest BCUT2D eigenvalue weighted by Crippen LogP contribution is 2.16. The summed E-state index contributed by atoms with van der Waals surface area (Å²) in [6, 6.07) is 3.41. The number of ether oxygens (including phenoxy) is 1. The average Bonchev–Trinajstić information content (AvgIpc) is 3.03. The smallest absolute Gasteiger partial charge is 0.355 e. The first-order chi connectivity index (χ1) is 10.4. The molecular formula is C16H17BrN2O3. The lowest BCUT2D eigenvalue weighted by atomic mass is 10.1. The second kappa shape index (κ2) is 6.79. The van der Waals surface area contributed by atoms with Gasteiger partial charge in [-0.05, 0) is 41.9 Å². The predicted molar refractivity (Wildman–Crippen MR) is 87.2 cm³/mol. The van der Waals surface area contributed by atoms with Gasteiger partial charge in [-0.1, -0.05) is 6.08 Å². The maximum Gasteiger partial charge on any atom is 0.355 e. The van der Waals surface area contributed by atoms with E-state index in [1.807, 2.05) is 18.4 Å². The van der Waals surface area contributed by atoms with Gasteiger partial charge in [0, 0.05) is 34.2 Å². The maximum atomic E-state index is 12.2. The molecule has 0 aromatic carbocycles. The third kappa shape index (κ3) is 3.39. The van der Waals surface area contributed by atoms with Crippen molar-refractivity contribution in [2.24, 2.45) is 0 Å². The Labute approximate surface area is 137 Å². The molecule has 2 rings (SSSR count). The Hall–Kier alpha value is -2.08. The van der Waals surface area contributed by atoms with Crippen LogP contribution in [0, 0.1) is 13.8 Å². The Balaban J connectivity index is 2.05. The number of ketones is 1. The van der Waals surface area contributed by atoms with Crippen LogP contribution in [-0.4, -0.2) is 27.9 Å². The van der Waals surface area contributed by atoms with Crippen molar-refractivity contribution in [1.82, 2.24) is 9.55 Å². The van der Waals surface area contributed by atoms with Crippen LogP contribution in [0.1, 0.15) is 32.2 Å². The summed E-state index contributed by atoms with van der Waals surface area (Å²) in [5.74, 6) is -0.777. The van der Waals surface area contributed by atoms with Gasteiger partial charge in [-0.25, -0.2) is 4.79 Å². The molecular weight excluding hydrogens is 348 g/mol. The van der Waals surface area contributed by atoms with E-state index in [4.69, 9.17) is 4.74 Å². The minimum Gasteiger partial charge on any atom is -0.453 e. The Morgan fingerprint density at radius 3 is 2.73 bits per heavy atom. The van der Waals surface area contributed by atoms with E-state index in [1.165, 1.54) is 0 Å². The number of Topliss-reactive ketones (excluding diaryl/α,β-unsaturated/α-hetero) is 1. The molecule has 0 amide bonds. The molecule has 0 aliphatic carbocycles. The maximum absolute atomic E-state index is 12.2. The minimum absolute atomic E-state index is 0.220. The van der Waals surface area contributed by atoms with Crippen molar-refractivity contribution in [3.8, 4) is 0 Å². The average molecular weight is 365 g/mol. The lowest BCUT2D eigenvalue weighted by Gasteiger charge is -2.06. The van der Waals surface area contributed by atoms with Crippen molar-refractivity contribution in [3.05, 3.63) is 58.1 Å². The zero-order valence-electron chi connectivity index (χ0n) is 12.5. The molecule has 0 spiro atoms. The van der Waals surface area contributed by atoms with E-state index in [0.29, 0.717) is 17.8 Å². The highest BCUT2D eigenvalue weighted by Gasteiger charge is 2.18. The molecule has 0 bridgehead atoms. The number of carbonyl (C=O) groups excluding carboxylic acids is 2. The van der Waals surface area contributed by atoms with Crippen molar-refractivity contribution in [2.75, 3.05) is 6.61 Å². The molecule has 0 radical (unpaired) electrons. The van der Waals surface area contributed by atoms with Crippen molar-refractivity contribution < 1.29 is 14.3 Å². The van der Waals surface area contributed by atoms with Gasteiger partial charge in [0.1, 0.15) is 5.69 Å². The van der Waals surface area contributed by atoms with E-state index >= 15 is 0 Å². The molecule has 0 fully saturated rings. The molecule has 0 unspecified atom stereocenters. The quantitative estimate of drug-likeness (QED) is 0.485. The highest BCUT2D eigenvalue weighted by atomic mass is 79.9. The van der Waals surface area contributed by atoms with Gasteiger partial charge in [0.05, 0.1) is 0 Å². The van der Waals surface area contributed by atoms with Crippen LogP contribution in [0.2, 0.25) is 0 Å². The number of aromatic amines is 1. The van der Waals surface area contributed by atoms with Gasteiger partial charge in [0.25, 0.3) is 0 Å². The Kier molecular flexibility index (Phi) is 5.03. The fraction of sp³-hybridized carbons (Fsp3) is 0.250. The third-order valence-corrected chi connectivity index (χ3v) is 3.85. The van der Waals surface area contributed by atoms with Crippen LogP contribution in [0.4, 0.5) is 0 Å². The normalized spacial score (nSPS) is 10.5. The van der Waals surface area contributed by atoms with Crippen LogP contribution in [0.15, 0.2) is 35.5 Å². The SMILES string of the molecule is C=CCn1c(C)cc(C(=O)COC(=O)c2cc(Br)c[nH]2)c1C. The predicted octanol–water partition coefficient (Wildman–Crippen LogP) is 3.42. The van der Waals surface area contributed by atoms with E-state index in [-0.39, 0.29) is 12.4 Å². The number of hydrogen-bond donors (Lipinski definition) is 1. The van der Waals surface area contributed by atoms with Crippen molar-refractivity contribution >= 4 is 27.7 Å². The largest absolute Gasteiger partial charge is 0.453 e. The highest BCUT2D eigenvalue weighted by molar-refractivity contribution is 9.10. The fourth-order valence-electron chi connectivity index (χ4n) is 2.27. The number of nitrogens with zero attached hydrogens (tertiary/aromatic N) is 1. The molecule has 0 atom stereocenters. The van der Waals surface area contributed by atoms with Gasteiger partial charge in [-0.2, -0.15) is 0 Å². The molecule has 6 heteroatoms. The van der Waals surface area contributed by atoms with Crippen LogP contribution in [0.25, 0.3) is 0 Å². The summed E-state index contributed by atoms with van der Waals surface area (Å²) in [4.78, 5) is 26.8. The molecule has 0 saturated carbocycles. The van der Waals surface area contributed by atoms with Crippen LogP contribution < -0.4 is 0 Å². The number of aryl methyl sites for hydroxylation is 1. The lowest BCUT2D eigenvalue weighted by molar-refractivity contribution is 0.0469. The summed E-state index contributed by atoms with van der Waals surface area (Å²) < 4.78 is 7.79. The molecule has 22 heavy (non-hydrogen) atoms. The standard InChI is InChI=1S/C16H17BrN2O3/c1-4-5-19-10(2)6-13(11(19)3)15(20)9-22-16(21)14-7-12(17)8-18-14/h4,6-8,18H,1,5,9H2,2-3H3. The number of esters is 1. The van der Waals surface area contributed by atoms with E-state index in [9.17, 15) is 9.59 Å². The number of hydrogen-bond acceptors (Lipinski definition) is 3. The zero-order chi connectivity index (χ0) is 16.3. The monoisotopic (exact) mass is 364 g/mol. The molecule has 2 aromatic rings. The molecule has 2 heterocycles. The topological polar surface area (TPSA) is 64.1 Å². The van der Waals surface area contributed by atoms with Crippen LogP contribution in [-0.2, 0) is 11.3 Å². The Bertz CT molecular complexity index is 728. The first kappa shape index (κ1) is 16.3. The van der Waals surface area contributed by atoms with Gasteiger partial charge in [0.2, 0.25) is 5.78 Å². The second-order valence-corrected chi connectivity index (χ2v) is 5.83. The van der Waals surface area contributed by atoms with Crippen LogP contribution >= 0.6 is 15.9 Å². The van der Waals surface area contributed by atoms with Gasteiger partial charge >= 0.3 is 5.97 Å². The summed E-state index contributed by atoms with van der Waals surface area (Å²) in [6.07, 6.45) is 3.40. The molecule has 0 saturated heterocycles. The van der Waals surface area contributed by atoms with Gasteiger partial charge in [-0.3, -0.25) is 4.79 Å². The Morgan fingerprint density at radius 1 is 1.41 bits per heavy atom. The van der Waals surface area contributed by atoms with Crippen molar-refractivity contribution in [3.63, 3.8) is 0 Å². The third-order valence-electron chi connectivity index (χ3n) is 3.39. The first-order valence-electron chi connectivity index (χ1n) is 6.76. The van der Waals surface area contributed by atoms with Crippen LogP contribution in [0.3, 0.4) is 0 Å². The number of nitrogens with one attached hydrogen (secondary N) is 1. The van der Waals surface area contributed by atoms with E-state index in [0.717, 1.165) is 15.9 Å². The number of H-pyrrole nitrogens is 1. The van der Waals surface area contributed by atoms with Gasteiger partial charge < -0.3 is 14.3 Å². The number of carbonyl (C=O) groups is 2. The molecule has 2 aromatic heterocycles.